The summed E-state index contributed by atoms with van der Waals surface area (Å²) < 4.78 is 0. The Kier molecular flexibility index (Phi) is 2.96. The molecule has 1 unspecified atom stereocenters. The summed E-state index contributed by atoms with van der Waals surface area (Å²) in [5.41, 5.74) is 0.0288. The summed E-state index contributed by atoms with van der Waals surface area (Å²) >= 11 is 0. The number of carboxylic acid groups (broad SMARTS) is 1. The van der Waals surface area contributed by atoms with Gasteiger partial charge in [0.05, 0.1) is 6.42 Å². The van der Waals surface area contributed by atoms with Crippen molar-refractivity contribution in [1.29, 1.82) is 0 Å². The van der Waals surface area contributed by atoms with Crippen LogP contribution in [0.4, 0.5) is 0 Å². The van der Waals surface area contributed by atoms with Gasteiger partial charge in [-0.05, 0) is 18.3 Å². The summed E-state index contributed by atoms with van der Waals surface area (Å²) in [5.74, 6) is -0.715. The summed E-state index contributed by atoms with van der Waals surface area (Å²) in [6, 6.07) is 0.668. The van der Waals surface area contributed by atoms with Gasteiger partial charge in [0.15, 0.2) is 0 Å². The molecule has 3 nitrogen and oxygen atoms in total. The van der Waals surface area contributed by atoms with Crippen LogP contribution in [0.3, 0.4) is 0 Å². The Balaban J connectivity index is 2.46. The lowest BCUT2D eigenvalue weighted by Gasteiger charge is -2.30. The third-order valence-corrected chi connectivity index (χ3v) is 2.44. The third kappa shape index (κ3) is 3.77. The Labute approximate surface area is 79.5 Å². The van der Waals surface area contributed by atoms with E-state index in [0.29, 0.717) is 6.04 Å². The topological polar surface area (TPSA) is 49.3 Å². The molecule has 1 fully saturated rings. The molecule has 1 aliphatic carbocycles. The second kappa shape index (κ2) is 3.66. The Morgan fingerprint density at radius 1 is 1.54 bits per heavy atom. The van der Waals surface area contributed by atoms with E-state index >= 15 is 0 Å². The van der Waals surface area contributed by atoms with Gasteiger partial charge in [0.25, 0.3) is 0 Å². The number of hydrogen-bond acceptors (Lipinski definition) is 2. The fraction of sp³-hybridized carbons (Fsp3) is 0.900. The van der Waals surface area contributed by atoms with E-state index in [2.05, 4.69) is 26.1 Å². The average molecular weight is 185 g/mol. The number of aliphatic carboxylic acids is 1. The second-order valence-corrected chi connectivity index (χ2v) is 4.96. The van der Waals surface area contributed by atoms with E-state index in [1.165, 1.54) is 12.8 Å². The van der Waals surface area contributed by atoms with Crippen molar-refractivity contribution in [2.45, 2.75) is 52.1 Å². The molecular weight excluding hydrogens is 166 g/mol. The van der Waals surface area contributed by atoms with E-state index in [1.807, 2.05) is 0 Å². The average Bonchev–Trinajstić information content (AvgIpc) is 2.66. The summed E-state index contributed by atoms with van der Waals surface area (Å²) in [6.07, 6.45) is 2.62. The van der Waals surface area contributed by atoms with Crippen LogP contribution in [0, 0.1) is 5.41 Å². The summed E-state index contributed by atoms with van der Waals surface area (Å²) in [7, 11) is 0. The summed E-state index contributed by atoms with van der Waals surface area (Å²) in [6.45, 7) is 6.24. The van der Waals surface area contributed by atoms with E-state index in [1.54, 1.807) is 0 Å². The molecule has 0 aliphatic heterocycles. The monoisotopic (exact) mass is 185 g/mol. The van der Waals surface area contributed by atoms with Gasteiger partial charge in [-0.25, -0.2) is 0 Å². The molecule has 1 atom stereocenters. The first kappa shape index (κ1) is 10.5. The lowest BCUT2D eigenvalue weighted by atomic mass is 9.84. The fourth-order valence-electron chi connectivity index (χ4n) is 1.32. The van der Waals surface area contributed by atoms with Crippen LogP contribution < -0.4 is 5.32 Å². The van der Waals surface area contributed by atoms with Crippen molar-refractivity contribution in [3.05, 3.63) is 0 Å². The van der Waals surface area contributed by atoms with Gasteiger partial charge >= 0.3 is 5.97 Å². The van der Waals surface area contributed by atoms with Crippen LogP contribution in [0.5, 0.6) is 0 Å². The van der Waals surface area contributed by atoms with Crippen LogP contribution in [0.25, 0.3) is 0 Å². The Hall–Kier alpha value is -0.570. The standard InChI is InChI=1S/C10H19NO2/c1-10(2,3)8(6-9(12)13)11-7-4-5-7/h7-8,11H,4-6H2,1-3H3,(H,12,13). The highest BCUT2D eigenvalue weighted by Gasteiger charge is 2.32. The van der Waals surface area contributed by atoms with Gasteiger partial charge in [-0.1, -0.05) is 20.8 Å². The number of nitrogens with one attached hydrogen (secondary N) is 1. The highest BCUT2D eigenvalue weighted by molar-refractivity contribution is 5.67. The van der Waals surface area contributed by atoms with Crippen molar-refractivity contribution in [3.63, 3.8) is 0 Å². The lowest BCUT2D eigenvalue weighted by Crippen LogP contribution is -2.43. The quantitative estimate of drug-likeness (QED) is 0.700. The smallest absolute Gasteiger partial charge is 0.304 e. The molecule has 76 valence electrons. The molecule has 0 heterocycles. The largest absolute Gasteiger partial charge is 0.481 e. The SMILES string of the molecule is CC(C)(C)C(CC(=O)O)NC1CC1. The molecule has 13 heavy (non-hydrogen) atoms. The van der Waals surface area contributed by atoms with Crippen molar-refractivity contribution < 1.29 is 9.90 Å². The lowest BCUT2D eigenvalue weighted by molar-refractivity contribution is -0.138. The summed E-state index contributed by atoms with van der Waals surface area (Å²) in [5, 5.41) is 12.1. The zero-order chi connectivity index (χ0) is 10.1. The van der Waals surface area contributed by atoms with Crippen molar-refractivity contribution in [2.75, 3.05) is 0 Å². The third-order valence-electron chi connectivity index (χ3n) is 2.44. The number of carbonyl (C=O) groups is 1. The maximum Gasteiger partial charge on any atom is 0.304 e. The molecule has 2 N–H and O–H groups in total. The van der Waals surface area contributed by atoms with Crippen molar-refractivity contribution in [2.24, 2.45) is 5.41 Å². The minimum atomic E-state index is -0.715. The van der Waals surface area contributed by atoms with Crippen molar-refractivity contribution in [3.8, 4) is 0 Å². The van der Waals surface area contributed by atoms with Crippen LogP contribution in [0.2, 0.25) is 0 Å². The van der Waals surface area contributed by atoms with Gasteiger partial charge in [0.2, 0.25) is 0 Å². The molecule has 1 aliphatic rings. The van der Waals surface area contributed by atoms with E-state index < -0.39 is 5.97 Å². The molecule has 1 saturated carbocycles. The van der Waals surface area contributed by atoms with E-state index in [0.717, 1.165) is 0 Å². The normalized spacial score (nSPS) is 19.9. The first-order chi connectivity index (χ1) is 5.89. The molecule has 0 aromatic carbocycles. The number of carboxylic acids is 1. The van der Waals surface area contributed by atoms with Gasteiger partial charge < -0.3 is 10.4 Å². The predicted octanol–water partition coefficient (Wildman–Crippen LogP) is 1.63. The zero-order valence-corrected chi connectivity index (χ0v) is 8.63. The molecule has 0 saturated heterocycles. The molecule has 1 rings (SSSR count). The van der Waals surface area contributed by atoms with Gasteiger partial charge in [0.1, 0.15) is 0 Å². The molecular formula is C10H19NO2. The van der Waals surface area contributed by atoms with Gasteiger partial charge in [-0.2, -0.15) is 0 Å². The van der Waals surface area contributed by atoms with Crippen LogP contribution in [-0.2, 0) is 4.79 Å². The predicted molar refractivity (Wildman–Crippen MR) is 51.7 cm³/mol. The summed E-state index contributed by atoms with van der Waals surface area (Å²) in [4.78, 5) is 10.6. The second-order valence-electron chi connectivity index (χ2n) is 4.96. The maximum atomic E-state index is 10.6. The Morgan fingerprint density at radius 2 is 2.08 bits per heavy atom. The van der Waals surface area contributed by atoms with Gasteiger partial charge in [-0.3, -0.25) is 4.79 Å². The minimum absolute atomic E-state index is 0.0288. The van der Waals surface area contributed by atoms with E-state index in [4.69, 9.17) is 5.11 Å². The van der Waals surface area contributed by atoms with Crippen LogP contribution >= 0.6 is 0 Å². The first-order valence-electron chi connectivity index (χ1n) is 4.87. The molecule has 0 amide bonds. The van der Waals surface area contributed by atoms with E-state index in [-0.39, 0.29) is 17.9 Å². The molecule has 0 aromatic heterocycles. The molecule has 0 spiro atoms. The highest BCUT2D eigenvalue weighted by atomic mass is 16.4. The zero-order valence-electron chi connectivity index (χ0n) is 8.63. The Morgan fingerprint density at radius 3 is 2.38 bits per heavy atom. The van der Waals surface area contributed by atoms with Crippen LogP contribution in [0.1, 0.15) is 40.0 Å². The highest BCUT2D eigenvalue weighted by Crippen LogP contribution is 2.27. The molecule has 3 heteroatoms. The van der Waals surface area contributed by atoms with Crippen molar-refractivity contribution >= 4 is 5.97 Å². The number of hydrogen-bond donors (Lipinski definition) is 2. The van der Waals surface area contributed by atoms with Crippen LogP contribution in [-0.4, -0.2) is 23.2 Å². The van der Waals surface area contributed by atoms with Crippen LogP contribution in [0.15, 0.2) is 0 Å². The fourth-order valence-corrected chi connectivity index (χ4v) is 1.32. The molecule has 0 bridgehead atoms. The van der Waals surface area contributed by atoms with Gasteiger partial charge in [0, 0.05) is 12.1 Å². The Bertz CT molecular complexity index is 192. The van der Waals surface area contributed by atoms with E-state index in [9.17, 15) is 4.79 Å². The molecule has 0 aromatic rings. The first-order valence-corrected chi connectivity index (χ1v) is 4.87. The van der Waals surface area contributed by atoms with Crippen molar-refractivity contribution in [1.82, 2.24) is 5.32 Å². The minimum Gasteiger partial charge on any atom is -0.481 e. The van der Waals surface area contributed by atoms with Gasteiger partial charge in [-0.15, -0.1) is 0 Å². The molecule has 0 radical (unpaired) electrons. The maximum absolute atomic E-state index is 10.6. The number of rotatable bonds is 4.